The third-order valence-electron chi connectivity index (χ3n) is 7.03. The number of anilines is 1. The molecule has 2 N–H and O–H groups in total. The van der Waals surface area contributed by atoms with E-state index in [1.165, 1.54) is 0 Å². The molecule has 3 saturated heterocycles. The van der Waals surface area contributed by atoms with Crippen LogP contribution in [0.15, 0.2) is 24.3 Å². The number of amides is 2. The van der Waals surface area contributed by atoms with Crippen LogP contribution in [-0.4, -0.2) is 65.3 Å². The predicted molar refractivity (Wildman–Crippen MR) is 122 cm³/mol. The fourth-order valence-corrected chi connectivity index (χ4v) is 5.82. The highest BCUT2D eigenvalue weighted by atomic mass is 35.5. The van der Waals surface area contributed by atoms with E-state index in [1.54, 1.807) is 36.1 Å². The van der Waals surface area contributed by atoms with Gasteiger partial charge in [-0.2, -0.15) is 0 Å². The Hall–Kier alpha value is -2.16. The zero-order chi connectivity index (χ0) is 23.6. The van der Waals surface area contributed by atoms with Crippen LogP contribution in [0.1, 0.15) is 45.4 Å². The Morgan fingerprint density at radius 1 is 1.24 bits per heavy atom. The van der Waals surface area contributed by atoms with Gasteiger partial charge in [0.1, 0.15) is 11.6 Å². The van der Waals surface area contributed by atoms with E-state index in [0.29, 0.717) is 42.9 Å². The number of carbonyl (C=O) groups is 3. The van der Waals surface area contributed by atoms with Crippen molar-refractivity contribution in [3.63, 3.8) is 0 Å². The van der Waals surface area contributed by atoms with Gasteiger partial charge in [-0.25, -0.2) is 0 Å². The molecule has 3 heterocycles. The lowest BCUT2D eigenvalue weighted by molar-refractivity contribution is -0.154. The molecule has 2 bridgehead atoms. The van der Waals surface area contributed by atoms with Crippen LogP contribution < -0.4 is 5.32 Å². The van der Waals surface area contributed by atoms with Crippen molar-refractivity contribution in [1.82, 2.24) is 4.90 Å². The van der Waals surface area contributed by atoms with Gasteiger partial charge in [-0.1, -0.05) is 24.4 Å². The first kappa shape index (κ1) is 24.0. The van der Waals surface area contributed by atoms with Crippen LogP contribution in [0.3, 0.4) is 0 Å². The van der Waals surface area contributed by atoms with Gasteiger partial charge in [0.15, 0.2) is 0 Å². The van der Waals surface area contributed by atoms with Crippen LogP contribution in [0.5, 0.6) is 0 Å². The molecule has 1 spiro atoms. The van der Waals surface area contributed by atoms with E-state index in [2.05, 4.69) is 5.32 Å². The Kier molecular flexibility index (Phi) is 7.26. The van der Waals surface area contributed by atoms with Crippen LogP contribution >= 0.6 is 11.6 Å². The number of rotatable bonds is 10. The van der Waals surface area contributed by atoms with Crippen LogP contribution in [-0.2, 0) is 23.9 Å². The van der Waals surface area contributed by atoms with Crippen molar-refractivity contribution >= 4 is 35.1 Å². The number of nitrogens with one attached hydrogen (secondary N) is 1. The molecule has 3 fully saturated rings. The first-order valence-corrected chi connectivity index (χ1v) is 12.1. The topological polar surface area (TPSA) is 105 Å². The molecule has 0 aliphatic carbocycles. The van der Waals surface area contributed by atoms with Crippen LogP contribution in [0.2, 0.25) is 5.02 Å². The average Bonchev–Trinajstić information content (AvgIpc) is 3.43. The van der Waals surface area contributed by atoms with Crippen LogP contribution in [0, 0.1) is 11.8 Å². The predicted octanol–water partition coefficient (Wildman–Crippen LogP) is 2.77. The maximum atomic E-state index is 13.6. The van der Waals surface area contributed by atoms with E-state index in [0.717, 1.165) is 12.8 Å². The Labute approximate surface area is 198 Å². The molecule has 2 amide bonds. The average molecular weight is 479 g/mol. The second-order valence-electron chi connectivity index (χ2n) is 8.97. The summed E-state index contributed by atoms with van der Waals surface area (Å²) >= 11 is 5.96. The molecular formula is C24H31ClN2O6. The first-order chi connectivity index (χ1) is 15.9. The van der Waals surface area contributed by atoms with E-state index in [-0.39, 0.29) is 25.0 Å². The summed E-state index contributed by atoms with van der Waals surface area (Å²) in [5.41, 5.74) is -0.449. The van der Waals surface area contributed by atoms with E-state index in [9.17, 15) is 14.4 Å². The molecule has 4 rings (SSSR count). The van der Waals surface area contributed by atoms with E-state index < -0.39 is 35.6 Å². The SMILES string of the molecule is CCOC(=O)[C@@H]1[C@@H]2CC[C@]3(O2)[C@H](C(=O)Nc2ccc(Cl)cc2)N(CCCCCCO)C(=O)[C@@H]13. The second-order valence-corrected chi connectivity index (χ2v) is 9.41. The molecule has 33 heavy (non-hydrogen) atoms. The molecular weight excluding hydrogens is 448 g/mol. The van der Waals surface area contributed by atoms with E-state index in [1.807, 2.05) is 0 Å². The first-order valence-electron chi connectivity index (χ1n) is 11.7. The number of esters is 1. The standard InChI is InChI=1S/C24H31ClN2O6/c1-2-32-23(31)18-17-11-12-24(33-17)19(18)22(30)27(13-5-3-4-6-14-28)20(24)21(29)26-16-9-7-15(25)8-10-16/h7-10,17-20,28H,2-6,11-14H2,1H3,(H,26,29)/t17-,18+,19+,20-,24+/m0/s1. The van der Waals surface area contributed by atoms with Crippen molar-refractivity contribution in [3.8, 4) is 0 Å². The summed E-state index contributed by atoms with van der Waals surface area (Å²) in [6, 6.07) is 5.96. The zero-order valence-electron chi connectivity index (χ0n) is 18.8. The number of carbonyl (C=O) groups excluding carboxylic acids is 3. The quantitative estimate of drug-likeness (QED) is 0.395. The van der Waals surface area contributed by atoms with E-state index >= 15 is 0 Å². The summed E-state index contributed by atoms with van der Waals surface area (Å²) in [5, 5.41) is 12.5. The van der Waals surface area contributed by atoms with Gasteiger partial charge in [0.2, 0.25) is 11.8 Å². The molecule has 0 saturated carbocycles. The van der Waals surface area contributed by atoms with Crippen molar-refractivity contribution in [1.29, 1.82) is 0 Å². The van der Waals surface area contributed by atoms with Gasteiger partial charge >= 0.3 is 5.97 Å². The third-order valence-corrected chi connectivity index (χ3v) is 7.28. The number of hydrogen-bond acceptors (Lipinski definition) is 6. The molecule has 5 atom stereocenters. The Morgan fingerprint density at radius 3 is 2.67 bits per heavy atom. The summed E-state index contributed by atoms with van der Waals surface area (Å²) in [5.74, 6) is -2.36. The molecule has 1 aromatic carbocycles. The van der Waals surface area contributed by atoms with Gasteiger partial charge in [-0.05, 0) is 56.9 Å². The minimum Gasteiger partial charge on any atom is -0.466 e. The van der Waals surface area contributed by atoms with Crippen molar-refractivity contribution in [2.45, 2.75) is 63.2 Å². The number of aliphatic hydroxyl groups excluding tert-OH is 1. The van der Waals surface area contributed by atoms with Crippen LogP contribution in [0.25, 0.3) is 0 Å². The lowest BCUT2D eigenvalue weighted by Crippen LogP contribution is -2.53. The van der Waals surface area contributed by atoms with Crippen molar-refractivity contribution in [2.24, 2.45) is 11.8 Å². The maximum Gasteiger partial charge on any atom is 0.312 e. The lowest BCUT2D eigenvalue weighted by atomic mass is 9.71. The molecule has 0 aromatic heterocycles. The summed E-state index contributed by atoms with van der Waals surface area (Å²) in [6.07, 6.45) is 3.84. The summed E-state index contributed by atoms with van der Waals surface area (Å²) in [7, 11) is 0. The Morgan fingerprint density at radius 2 is 1.97 bits per heavy atom. The Bertz CT molecular complexity index is 893. The largest absolute Gasteiger partial charge is 0.466 e. The molecule has 8 nitrogen and oxygen atoms in total. The minimum atomic E-state index is -1.03. The van der Waals surface area contributed by atoms with Crippen molar-refractivity contribution in [3.05, 3.63) is 29.3 Å². The maximum absolute atomic E-state index is 13.6. The number of ether oxygens (including phenoxy) is 2. The number of likely N-dealkylation sites (tertiary alicyclic amines) is 1. The minimum absolute atomic E-state index is 0.135. The number of benzene rings is 1. The molecule has 3 aliphatic rings. The number of fused-ring (bicyclic) bond motifs is 1. The number of halogens is 1. The van der Waals surface area contributed by atoms with E-state index in [4.69, 9.17) is 26.2 Å². The number of unbranched alkanes of at least 4 members (excludes halogenated alkanes) is 3. The third kappa shape index (κ3) is 4.36. The summed E-state index contributed by atoms with van der Waals surface area (Å²) in [6.45, 7) is 2.49. The van der Waals surface area contributed by atoms with Gasteiger partial charge in [0.25, 0.3) is 0 Å². The molecule has 1 aromatic rings. The van der Waals surface area contributed by atoms with Crippen LogP contribution in [0.4, 0.5) is 5.69 Å². The fraction of sp³-hybridized carbons (Fsp3) is 0.625. The second kappa shape index (κ2) is 9.99. The molecule has 0 unspecified atom stereocenters. The normalized spacial score (nSPS) is 29.9. The van der Waals surface area contributed by atoms with Crippen molar-refractivity contribution < 1.29 is 29.0 Å². The molecule has 9 heteroatoms. The van der Waals surface area contributed by atoms with Gasteiger partial charge in [0.05, 0.1) is 24.5 Å². The van der Waals surface area contributed by atoms with Gasteiger partial charge in [-0.3, -0.25) is 14.4 Å². The Balaban J connectivity index is 1.60. The number of aliphatic hydroxyl groups is 1. The molecule has 180 valence electrons. The van der Waals surface area contributed by atoms with Gasteiger partial charge < -0.3 is 24.8 Å². The fourth-order valence-electron chi connectivity index (χ4n) is 5.69. The lowest BCUT2D eigenvalue weighted by Gasteiger charge is -2.33. The summed E-state index contributed by atoms with van der Waals surface area (Å²) < 4.78 is 11.6. The smallest absolute Gasteiger partial charge is 0.312 e. The van der Waals surface area contributed by atoms with Gasteiger partial charge in [-0.15, -0.1) is 0 Å². The van der Waals surface area contributed by atoms with Crippen molar-refractivity contribution in [2.75, 3.05) is 25.1 Å². The highest BCUT2D eigenvalue weighted by Gasteiger charge is 2.74. The highest BCUT2D eigenvalue weighted by Crippen LogP contribution is 2.58. The highest BCUT2D eigenvalue weighted by molar-refractivity contribution is 6.30. The summed E-state index contributed by atoms with van der Waals surface area (Å²) in [4.78, 5) is 41.5. The monoisotopic (exact) mass is 478 g/mol. The zero-order valence-corrected chi connectivity index (χ0v) is 19.6. The van der Waals surface area contributed by atoms with Gasteiger partial charge in [0, 0.05) is 23.9 Å². The molecule has 3 aliphatic heterocycles. The molecule has 0 radical (unpaired) electrons. The number of hydrogen-bond donors (Lipinski definition) is 2. The number of nitrogens with zero attached hydrogens (tertiary/aromatic N) is 1.